The van der Waals surface area contributed by atoms with Crippen LogP contribution in [0, 0.1) is 0 Å². The van der Waals surface area contributed by atoms with Crippen LogP contribution in [-0.4, -0.2) is 23.6 Å². The van der Waals surface area contributed by atoms with Gasteiger partial charge in [-0.25, -0.2) is 0 Å². The van der Waals surface area contributed by atoms with Crippen LogP contribution < -0.4 is 0 Å². The molecular formula is C8H14O2S2. The summed E-state index contributed by atoms with van der Waals surface area (Å²) in [6.07, 6.45) is 3.20. The molecule has 2 nitrogen and oxygen atoms in total. The Morgan fingerprint density at radius 2 is 2.00 bits per heavy atom. The number of hydrogen-bond donors (Lipinski definition) is 0. The third-order valence-corrected chi connectivity index (χ3v) is 3.66. The molecule has 0 N–H and O–H groups in total. The molecule has 0 fully saturated rings. The van der Waals surface area contributed by atoms with Crippen LogP contribution in [-0.2, 0) is 9.59 Å². The van der Waals surface area contributed by atoms with Crippen molar-refractivity contribution in [1.29, 1.82) is 0 Å². The molecule has 0 atom stereocenters. The van der Waals surface area contributed by atoms with Gasteiger partial charge in [-0.15, -0.1) is 0 Å². The quantitative estimate of drug-likeness (QED) is 0.347. The Morgan fingerprint density at radius 3 is 2.58 bits per heavy atom. The fourth-order valence-corrected chi connectivity index (χ4v) is 2.73. The molecule has 0 aliphatic carbocycles. The summed E-state index contributed by atoms with van der Waals surface area (Å²) >= 11 is 0. The lowest BCUT2D eigenvalue weighted by Gasteiger charge is -1.96. The Kier molecular flexibility index (Phi) is 9.16. The first-order valence-electron chi connectivity index (χ1n) is 3.95. The molecule has 0 spiro atoms. The Balaban J connectivity index is 2.90. The first-order valence-corrected chi connectivity index (χ1v) is 6.43. The van der Waals surface area contributed by atoms with E-state index in [9.17, 15) is 9.59 Å². The number of unbranched alkanes of at least 4 members (excludes halogenated alkanes) is 1. The van der Waals surface area contributed by atoms with Gasteiger partial charge >= 0.3 is 0 Å². The summed E-state index contributed by atoms with van der Waals surface area (Å²) in [5.74, 6) is 2.14. The van der Waals surface area contributed by atoms with E-state index in [2.05, 4.69) is 0 Å². The van der Waals surface area contributed by atoms with Crippen LogP contribution in [0.3, 0.4) is 0 Å². The fraction of sp³-hybridized carbons (Fsp3) is 0.750. The van der Waals surface area contributed by atoms with Gasteiger partial charge in [-0.2, -0.15) is 0 Å². The van der Waals surface area contributed by atoms with Gasteiger partial charge in [-0.1, -0.05) is 21.6 Å². The number of carbonyl (C=O) groups is 2. The second-order valence-corrected chi connectivity index (χ2v) is 5.11. The second-order valence-electron chi connectivity index (χ2n) is 2.40. The molecule has 70 valence electrons. The third-order valence-electron chi connectivity index (χ3n) is 1.17. The fourth-order valence-electron chi connectivity index (χ4n) is 0.529. The topological polar surface area (TPSA) is 34.1 Å². The lowest BCUT2D eigenvalue weighted by molar-refractivity contribution is -0.116. The van der Waals surface area contributed by atoms with Crippen LogP contribution in [0.15, 0.2) is 0 Å². The highest BCUT2D eigenvalue weighted by Gasteiger charge is 1.94. The molecule has 0 bridgehead atoms. The molecule has 0 amide bonds. The largest absolute Gasteiger partial charge is 0.303 e. The number of carbonyl (C=O) groups excluding carboxylic acids is 2. The monoisotopic (exact) mass is 206 g/mol. The maximum atomic E-state index is 10.5. The molecule has 0 radical (unpaired) electrons. The maximum Gasteiger partial charge on any atom is 0.130 e. The molecule has 12 heavy (non-hydrogen) atoms. The van der Waals surface area contributed by atoms with Gasteiger partial charge in [0.25, 0.3) is 0 Å². The van der Waals surface area contributed by atoms with Gasteiger partial charge in [0.05, 0.1) is 0 Å². The Labute approximate surface area is 81.3 Å². The molecule has 0 aliphatic heterocycles. The van der Waals surface area contributed by atoms with Crippen LogP contribution in [0.4, 0.5) is 0 Å². The summed E-state index contributed by atoms with van der Waals surface area (Å²) in [5.41, 5.74) is 0. The van der Waals surface area contributed by atoms with Crippen molar-refractivity contribution < 1.29 is 9.59 Å². The van der Waals surface area contributed by atoms with Gasteiger partial charge in [0, 0.05) is 24.3 Å². The van der Waals surface area contributed by atoms with Crippen LogP contribution in [0.25, 0.3) is 0 Å². The zero-order valence-corrected chi connectivity index (χ0v) is 8.88. The highest BCUT2D eigenvalue weighted by Crippen LogP contribution is 2.22. The average molecular weight is 206 g/mol. The van der Waals surface area contributed by atoms with Crippen molar-refractivity contribution in [3.8, 4) is 0 Å². The molecule has 0 saturated carbocycles. The molecule has 4 heteroatoms. The average Bonchev–Trinajstić information content (AvgIpc) is 2.02. The minimum absolute atomic E-state index is 0.246. The summed E-state index contributed by atoms with van der Waals surface area (Å²) in [4.78, 5) is 20.4. The third kappa shape index (κ3) is 10.0. The van der Waals surface area contributed by atoms with Crippen molar-refractivity contribution in [2.75, 3.05) is 11.5 Å². The van der Waals surface area contributed by atoms with Crippen molar-refractivity contribution in [3.05, 3.63) is 0 Å². The number of Topliss-reactive ketones (excluding diaryl/α,β-unsaturated/α-hetero) is 1. The van der Waals surface area contributed by atoms with E-state index in [-0.39, 0.29) is 5.78 Å². The summed E-state index contributed by atoms with van der Waals surface area (Å²) in [6, 6.07) is 0. The van der Waals surface area contributed by atoms with Gasteiger partial charge in [-0.05, 0) is 13.3 Å². The summed E-state index contributed by atoms with van der Waals surface area (Å²) in [5, 5.41) is 0. The van der Waals surface area contributed by atoms with Gasteiger partial charge in [0.2, 0.25) is 0 Å². The van der Waals surface area contributed by atoms with Crippen molar-refractivity contribution in [2.45, 2.75) is 26.2 Å². The molecule has 0 saturated heterocycles. The summed E-state index contributed by atoms with van der Waals surface area (Å²) in [6.45, 7) is 1.61. The first-order chi connectivity index (χ1) is 5.77. The minimum Gasteiger partial charge on any atom is -0.303 e. The number of ketones is 1. The van der Waals surface area contributed by atoms with Gasteiger partial charge in [-0.3, -0.25) is 4.79 Å². The Hall–Kier alpha value is 0.0400. The van der Waals surface area contributed by atoms with E-state index in [1.165, 1.54) is 0 Å². The van der Waals surface area contributed by atoms with Crippen LogP contribution in [0.1, 0.15) is 26.2 Å². The van der Waals surface area contributed by atoms with Crippen molar-refractivity contribution >= 4 is 33.7 Å². The van der Waals surface area contributed by atoms with E-state index < -0.39 is 0 Å². The minimum atomic E-state index is 0.246. The molecule has 0 aromatic heterocycles. The standard InChI is InChI=1S/C8H14O2S2/c1-8(10)4-7-12-11-6-3-2-5-9/h5H,2-4,6-7H2,1H3. The molecular weight excluding hydrogens is 192 g/mol. The first kappa shape index (κ1) is 12.0. The van der Waals surface area contributed by atoms with Gasteiger partial charge in [0.1, 0.15) is 12.1 Å². The smallest absolute Gasteiger partial charge is 0.130 e. The molecule has 0 heterocycles. The highest BCUT2D eigenvalue weighted by atomic mass is 33.1. The van der Waals surface area contributed by atoms with Crippen molar-refractivity contribution in [1.82, 2.24) is 0 Å². The van der Waals surface area contributed by atoms with Gasteiger partial charge in [0.15, 0.2) is 0 Å². The van der Waals surface area contributed by atoms with E-state index in [1.54, 1.807) is 28.5 Å². The van der Waals surface area contributed by atoms with E-state index in [0.717, 1.165) is 24.2 Å². The molecule has 0 aliphatic rings. The Morgan fingerprint density at radius 1 is 1.33 bits per heavy atom. The molecule has 0 unspecified atom stereocenters. The summed E-state index contributed by atoms with van der Waals surface area (Å²) < 4.78 is 0. The zero-order chi connectivity index (χ0) is 9.23. The lowest BCUT2D eigenvalue weighted by Crippen LogP contribution is -1.90. The van der Waals surface area contributed by atoms with Crippen molar-refractivity contribution in [3.63, 3.8) is 0 Å². The maximum absolute atomic E-state index is 10.5. The second kappa shape index (κ2) is 9.13. The van der Waals surface area contributed by atoms with E-state index in [4.69, 9.17) is 0 Å². The lowest BCUT2D eigenvalue weighted by atomic mass is 10.4. The SMILES string of the molecule is CC(=O)CCSSCCCC=O. The Bertz CT molecular complexity index is 137. The normalized spacial score (nSPS) is 9.75. The predicted molar refractivity (Wildman–Crippen MR) is 55.5 cm³/mol. The molecule has 0 aromatic rings. The van der Waals surface area contributed by atoms with Crippen LogP contribution >= 0.6 is 21.6 Å². The predicted octanol–water partition coefficient (Wildman–Crippen LogP) is 2.33. The van der Waals surface area contributed by atoms with E-state index >= 15 is 0 Å². The highest BCUT2D eigenvalue weighted by molar-refractivity contribution is 8.76. The number of hydrogen-bond acceptors (Lipinski definition) is 4. The number of aldehydes is 1. The van der Waals surface area contributed by atoms with Crippen LogP contribution in [0.5, 0.6) is 0 Å². The number of rotatable bonds is 8. The van der Waals surface area contributed by atoms with Crippen LogP contribution in [0.2, 0.25) is 0 Å². The van der Waals surface area contributed by atoms with E-state index in [0.29, 0.717) is 12.8 Å². The molecule has 0 rings (SSSR count). The molecule has 0 aromatic carbocycles. The zero-order valence-electron chi connectivity index (χ0n) is 7.25. The summed E-state index contributed by atoms with van der Waals surface area (Å²) in [7, 11) is 3.45. The van der Waals surface area contributed by atoms with E-state index in [1.807, 2.05) is 0 Å². The van der Waals surface area contributed by atoms with Crippen molar-refractivity contribution in [2.24, 2.45) is 0 Å². The van der Waals surface area contributed by atoms with Gasteiger partial charge < -0.3 is 4.79 Å².